The normalized spacial score (nSPS) is 23.7. The summed E-state index contributed by atoms with van der Waals surface area (Å²) in [6, 6.07) is 11.8. The van der Waals surface area contributed by atoms with Crippen LogP contribution in [0.1, 0.15) is 17.0 Å². The van der Waals surface area contributed by atoms with E-state index in [0.717, 1.165) is 29.8 Å². The smallest absolute Gasteiger partial charge is 0.183 e. The summed E-state index contributed by atoms with van der Waals surface area (Å²) >= 11 is 1.68. The predicted molar refractivity (Wildman–Crippen MR) is 103 cm³/mol. The van der Waals surface area contributed by atoms with Crippen molar-refractivity contribution in [3.8, 4) is 11.1 Å². The summed E-state index contributed by atoms with van der Waals surface area (Å²) in [5, 5.41) is 3.89. The molecule has 0 N–H and O–H groups in total. The second kappa shape index (κ2) is 6.01. The minimum absolute atomic E-state index is 0.0652. The predicted octanol–water partition coefficient (Wildman–Crippen LogP) is 3.57. The quantitative estimate of drug-likeness (QED) is 0.695. The van der Waals surface area contributed by atoms with Crippen molar-refractivity contribution in [3.05, 3.63) is 70.7 Å². The SMILES string of the molecule is O=S1(=O)c2ccc(-c3ccncc3)cc2[C@@H]2CN(Cc3ccsc3)C[C@@H]21. The average molecular weight is 383 g/mol. The van der Waals surface area contributed by atoms with Gasteiger partial charge in [0.1, 0.15) is 0 Å². The average Bonchev–Trinajstić information content (AvgIpc) is 3.36. The third-order valence-electron chi connectivity index (χ3n) is 5.46. The zero-order valence-electron chi connectivity index (χ0n) is 14.1. The number of fused-ring (bicyclic) bond motifs is 3. The van der Waals surface area contributed by atoms with E-state index in [9.17, 15) is 8.42 Å². The number of benzene rings is 1. The van der Waals surface area contributed by atoms with Crippen LogP contribution in [-0.2, 0) is 16.4 Å². The lowest BCUT2D eigenvalue weighted by Crippen LogP contribution is -2.25. The van der Waals surface area contributed by atoms with Gasteiger partial charge in [-0.3, -0.25) is 9.88 Å². The van der Waals surface area contributed by atoms with Crippen molar-refractivity contribution in [2.24, 2.45) is 0 Å². The number of thiophene rings is 1. The van der Waals surface area contributed by atoms with Gasteiger partial charge in [-0.25, -0.2) is 8.42 Å². The van der Waals surface area contributed by atoms with Crippen LogP contribution in [0.15, 0.2) is 64.4 Å². The molecule has 2 aliphatic rings. The van der Waals surface area contributed by atoms with E-state index >= 15 is 0 Å². The number of hydrogen-bond acceptors (Lipinski definition) is 5. The van der Waals surface area contributed by atoms with E-state index in [4.69, 9.17) is 0 Å². The summed E-state index contributed by atoms with van der Waals surface area (Å²) in [5.74, 6) is 0.0652. The van der Waals surface area contributed by atoms with Crippen molar-refractivity contribution < 1.29 is 8.42 Å². The second-order valence-corrected chi connectivity index (χ2v) is 9.92. The Balaban J connectivity index is 1.51. The summed E-state index contributed by atoms with van der Waals surface area (Å²) in [7, 11) is -3.25. The number of hydrogen-bond donors (Lipinski definition) is 0. The number of nitrogens with zero attached hydrogens (tertiary/aromatic N) is 2. The van der Waals surface area contributed by atoms with Crippen molar-refractivity contribution in [1.82, 2.24) is 9.88 Å². The highest BCUT2D eigenvalue weighted by Crippen LogP contribution is 2.46. The molecule has 6 heteroatoms. The van der Waals surface area contributed by atoms with Crippen LogP contribution >= 0.6 is 11.3 Å². The number of rotatable bonds is 3. The third kappa shape index (κ3) is 2.52. The van der Waals surface area contributed by atoms with Gasteiger partial charge >= 0.3 is 0 Å². The van der Waals surface area contributed by atoms with Crippen molar-refractivity contribution in [3.63, 3.8) is 0 Å². The first kappa shape index (κ1) is 16.2. The van der Waals surface area contributed by atoms with E-state index in [1.165, 1.54) is 5.56 Å². The monoisotopic (exact) mass is 382 g/mol. The molecule has 26 heavy (non-hydrogen) atoms. The molecular weight excluding hydrogens is 364 g/mol. The van der Waals surface area contributed by atoms with Gasteiger partial charge in [-0.1, -0.05) is 6.07 Å². The molecule has 0 aliphatic carbocycles. The van der Waals surface area contributed by atoms with Gasteiger partial charge in [0.2, 0.25) is 0 Å². The van der Waals surface area contributed by atoms with E-state index < -0.39 is 9.84 Å². The third-order valence-corrected chi connectivity index (χ3v) is 8.45. The maximum Gasteiger partial charge on any atom is 0.183 e. The first-order chi connectivity index (χ1) is 12.6. The molecular formula is C20H18N2O2S2. The zero-order chi connectivity index (χ0) is 17.7. The first-order valence-corrected chi connectivity index (χ1v) is 11.1. The van der Waals surface area contributed by atoms with Crippen LogP contribution < -0.4 is 0 Å². The molecule has 2 atom stereocenters. The number of pyridine rings is 1. The maximum absolute atomic E-state index is 13.0. The molecule has 132 valence electrons. The fraction of sp³-hybridized carbons (Fsp3) is 0.250. The van der Waals surface area contributed by atoms with Gasteiger partial charge in [0.15, 0.2) is 9.84 Å². The summed E-state index contributed by atoms with van der Waals surface area (Å²) in [6.07, 6.45) is 3.53. The summed E-state index contributed by atoms with van der Waals surface area (Å²) in [4.78, 5) is 6.87. The molecule has 0 spiro atoms. The molecule has 2 aliphatic heterocycles. The molecule has 0 amide bonds. The van der Waals surface area contributed by atoms with Gasteiger partial charge in [0.05, 0.1) is 10.1 Å². The Morgan fingerprint density at radius 1 is 1.08 bits per heavy atom. The van der Waals surface area contributed by atoms with Crippen LogP contribution in [0.3, 0.4) is 0 Å². The van der Waals surface area contributed by atoms with Gasteiger partial charge in [0.25, 0.3) is 0 Å². The van der Waals surface area contributed by atoms with Gasteiger partial charge in [-0.2, -0.15) is 11.3 Å². The van der Waals surface area contributed by atoms with Crippen LogP contribution in [0, 0.1) is 0 Å². The highest BCUT2D eigenvalue weighted by Gasteiger charge is 2.50. The van der Waals surface area contributed by atoms with Gasteiger partial charge in [0, 0.05) is 37.9 Å². The molecule has 4 nitrogen and oxygen atoms in total. The summed E-state index contributed by atoms with van der Waals surface area (Å²) in [6.45, 7) is 2.24. The summed E-state index contributed by atoms with van der Waals surface area (Å²) < 4.78 is 26.1. The van der Waals surface area contributed by atoms with Crippen LogP contribution in [0.5, 0.6) is 0 Å². The number of sulfone groups is 1. The van der Waals surface area contributed by atoms with Crippen molar-refractivity contribution in [2.75, 3.05) is 13.1 Å². The van der Waals surface area contributed by atoms with Gasteiger partial charge in [-0.05, 0) is 63.3 Å². The fourth-order valence-electron chi connectivity index (χ4n) is 4.22. The second-order valence-electron chi connectivity index (χ2n) is 7.00. The Morgan fingerprint density at radius 3 is 2.69 bits per heavy atom. The fourth-order valence-corrected chi connectivity index (χ4v) is 7.07. The van der Waals surface area contributed by atoms with E-state index in [1.807, 2.05) is 18.2 Å². The Kier molecular flexibility index (Phi) is 3.74. The van der Waals surface area contributed by atoms with Gasteiger partial charge in [-0.15, -0.1) is 0 Å². The van der Waals surface area contributed by atoms with Crippen molar-refractivity contribution in [2.45, 2.75) is 22.6 Å². The minimum atomic E-state index is -3.25. The Labute approximate surface area is 157 Å². The number of aromatic nitrogens is 1. The molecule has 1 aromatic carbocycles. The highest BCUT2D eigenvalue weighted by atomic mass is 32.2. The van der Waals surface area contributed by atoms with E-state index in [2.05, 4.69) is 32.8 Å². The first-order valence-electron chi connectivity index (χ1n) is 8.64. The minimum Gasteiger partial charge on any atom is -0.297 e. The van der Waals surface area contributed by atoms with Crippen LogP contribution in [0.25, 0.3) is 11.1 Å². The maximum atomic E-state index is 13.0. The standard InChI is InChI=1S/C20H18N2O2S2/c23-26(24)19-2-1-16(15-3-6-21-7-4-15)9-17(19)18-11-22(12-20(18)26)10-14-5-8-25-13-14/h1-9,13,18,20H,10-12H2/t18-,20-/m0/s1. The van der Waals surface area contributed by atoms with Crippen LogP contribution in [-0.4, -0.2) is 36.6 Å². The summed E-state index contributed by atoms with van der Waals surface area (Å²) in [5.41, 5.74) is 4.37. The van der Waals surface area contributed by atoms with Gasteiger partial charge < -0.3 is 0 Å². The molecule has 0 unspecified atom stereocenters. The van der Waals surface area contributed by atoms with Crippen LogP contribution in [0.2, 0.25) is 0 Å². The Hall–Kier alpha value is -2.02. The molecule has 4 heterocycles. The largest absolute Gasteiger partial charge is 0.297 e. The molecule has 2 aromatic heterocycles. The van der Waals surface area contributed by atoms with E-state index in [1.54, 1.807) is 29.8 Å². The highest BCUT2D eigenvalue weighted by molar-refractivity contribution is 7.92. The molecule has 1 fully saturated rings. The molecule has 0 radical (unpaired) electrons. The molecule has 1 saturated heterocycles. The number of likely N-dealkylation sites (tertiary alicyclic amines) is 1. The van der Waals surface area contributed by atoms with Crippen LogP contribution in [0.4, 0.5) is 0 Å². The molecule has 0 bridgehead atoms. The molecule has 0 saturated carbocycles. The van der Waals surface area contributed by atoms with E-state index in [0.29, 0.717) is 11.4 Å². The van der Waals surface area contributed by atoms with E-state index in [-0.39, 0.29) is 11.2 Å². The zero-order valence-corrected chi connectivity index (χ0v) is 15.7. The lowest BCUT2D eigenvalue weighted by molar-refractivity contribution is 0.326. The lowest BCUT2D eigenvalue weighted by atomic mass is 9.95. The topological polar surface area (TPSA) is 50.3 Å². The Morgan fingerprint density at radius 2 is 1.92 bits per heavy atom. The molecule has 5 rings (SSSR count). The lowest BCUT2D eigenvalue weighted by Gasteiger charge is -2.16. The Bertz CT molecular complexity index is 1050. The van der Waals surface area contributed by atoms with Crippen molar-refractivity contribution in [1.29, 1.82) is 0 Å². The van der Waals surface area contributed by atoms with Crippen molar-refractivity contribution >= 4 is 21.2 Å². The molecule has 3 aromatic rings.